The number of allylic oxidation sites excluding steroid dienone is 6. The van der Waals surface area contributed by atoms with Crippen molar-refractivity contribution in [1.82, 2.24) is 5.32 Å². The van der Waals surface area contributed by atoms with Crippen LogP contribution in [-0.2, 0) is 32.7 Å². The van der Waals surface area contributed by atoms with Gasteiger partial charge in [-0.15, -0.1) is 0 Å². The predicted molar refractivity (Wildman–Crippen MR) is 254 cm³/mol. The molecule has 0 aliphatic rings. The van der Waals surface area contributed by atoms with E-state index in [4.69, 9.17) is 13.8 Å². The highest BCUT2D eigenvalue weighted by Crippen LogP contribution is 2.43. The third-order valence-electron chi connectivity index (χ3n) is 10.9. The fourth-order valence-electron chi connectivity index (χ4n) is 6.99. The number of hydrogen-bond acceptors (Lipinski definition) is 8. The zero-order chi connectivity index (χ0) is 45.6. The van der Waals surface area contributed by atoms with Gasteiger partial charge in [0.25, 0.3) is 0 Å². The number of amides is 1. The molecule has 362 valence electrons. The Morgan fingerprint density at radius 2 is 0.887 bits per heavy atom. The molecule has 0 aromatic carbocycles. The number of nitrogens with one attached hydrogen (secondary N) is 1. The first-order valence-electron chi connectivity index (χ1n) is 25.0. The molecule has 0 aromatic heterocycles. The number of carboxylic acids is 1. The summed E-state index contributed by atoms with van der Waals surface area (Å²) in [7, 11) is -4.76. The quantitative estimate of drug-likeness (QED) is 0.0200. The maximum absolute atomic E-state index is 12.3. The lowest BCUT2D eigenvalue weighted by molar-refractivity contribution is -0.147. The number of hydrogen-bond donors (Lipinski definition) is 4. The van der Waals surface area contributed by atoms with Crippen LogP contribution < -0.4 is 5.32 Å². The summed E-state index contributed by atoms with van der Waals surface area (Å²) in [5, 5.41) is 21.9. The Morgan fingerprint density at radius 3 is 1.35 bits per heavy atom. The summed E-state index contributed by atoms with van der Waals surface area (Å²) in [5.74, 6) is -2.38. The van der Waals surface area contributed by atoms with E-state index in [2.05, 4.69) is 55.6 Å². The van der Waals surface area contributed by atoms with E-state index in [0.717, 1.165) is 57.8 Å². The summed E-state index contributed by atoms with van der Waals surface area (Å²) in [4.78, 5) is 46.1. The monoisotopic (exact) mass is 898 g/mol. The summed E-state index contributed by atoms with van der Waals surface area (Å²) >= 11 is 0. The summed E-state index contributed by atoms with van der Waals surface area (Å²) in [6.07, 6.45) is 50.2. The Balaban J connectivity index is 3.83. The number of aliphatic hydroxyl groups is 1. The summed E-state index contributed by atoms with van der Waals surface area (Å²) in [6, 6.07) is -1.55. The van der Waals surface area contributed by atoms with Gasteiger partial charge in [0.15, 0.2) is 6.04 Å². The fraction of sp³-hybridized carbons (Fsp3) is 0.820. The van der Waals surface area contributed by atoms with Crippen molar-refractivity contribution in [3.8, 4) is 0 Å². The molecule has 0 spiro atoms. The second-order valence-electron chi connectivity index (χ2n) is 17.0. The van der Waals surface area contributed by atoms with Gasteiger partial charge in [0.05, 0.1) is 13.2 Å². The highest BCUT2D eigenvalue weighted by atomic mass is 31.2. The minimum atomic E-state index is -4.76. The Hall–Kier alpha value is -2.30. The first-order valence-corrected chi connectivity index (χ1v) is 26.5. The lowest BCUT2D eigenvalue weighted by atomic mass is 10.0. The molecular formula is C50H92NO10P. The molecule has 4 N–H and O–H groups in total. The molecule has 1 amide bonds. The lowest BCUT2D eigenvalue weighted by Gasteiger charge is -2.18. The van der Waals surface area contributed by atoms with Gasteiger partial charge in [0.1, 0.15) is 12.7 Å². The van der Waals surface area contributed by atoms with Gasteiger partial charge in [-0.25, -0.2) is 9.36 Å². The molecule has 0 aliphatic heterocycles. The van der Waals surface area contributed by atoms with Crippen LogP contribution in [0.2, 0.25) is 0 Å². The molecule has 62 heavy (non-hydrogen) atoms. The first kappa shape index (κ1) is 59.7. The Kier molecular flexibility index (Phi) is 43.6. The van der Waals surface area contributed by atoms with Crippen molar-refractivity contribution in [2.75, 3.05) is 19.8 Å². The summed E-state index contributed by atoms with van der Waals surface area (Å²) in [6.45, 7) is 2.59. The molecular weight excluding hydrogens is 806 g/mol. The largest absolute Gasteiger partial charge is 0.480 e. The maximum Gasteiger partial charge on any atom is 0.472 e. The normalized spacial score (nSPS) is 13.9. The van der Waals surface area contributed by atoms with Gasteiger partial charge < -0.3 is 25.2 Å². The third-order valence-corrected chi connectivity index (χ3v) is 11.9. The van der Waals surface area contributed by atoms with E-state index in [1.165, 1.54) is 135 Å². The van der Waals surface area contributed by atoms with Crippen molar-refractivity contribution >= 4 is 25.7 Å². The van der Waals surface area contributed by atoms with Crippen molar-refractivity contribution in [3.05, 3.63) is 36.5 Å². The van der Waals surface area contributed by atoms with Crippen molar-refractivity contribution < 1.29 is 47.8 Å². The van der Waals surface area contributed by atoms with Crippen LogP contribution in [0.25, 0.3) is 0 Å². The number of rotatable bonds is 47. The van der Waals surface area contributed by atoms with Crippen LogP contribution in [0.1, 0.15) is 232 Å². The molecule has 12 heteroatoms. The molecule has 0 saturated heterocycles. The van der Waals surface area contributed by atoms with Crippen molar-refractivity contribution in [1.29, 1.82) is 0 Å². The molecule has 0 aromatic rings. The Morgan fingerprint density at radius 1 is 0.516 bits per heavy atom. The molecule has 0 radical (unpaired) electrons. The highest BCUT2D eigenvalue weighted by molar-refractivity contribution is 7.47. The number of phosphoric acid groups is 1. The number of unbranched alkanes of at least 4 members (excludes halogenated alkanes) is 27. The average molecular weight is 898 g/mol. The van der Waals surface area contributed by atoms with Crippen molar-refractivity contribution in [2.24, 2.45) is 0 Å². The molecule has 0 saturated carbocycles. The SMILES string of the molecule is CCCCC/C=C\C/C=C\CCCCCCCCCC(=O)NC(COP(=O)(O)OCC(O)COC(=O)CCCCCCCCCCCCC/C=C/CCCCCCCC)C(=O)O. The van der Waals surface area contributed by atoms with E-state index in [-0.39, 0.29) is 12.8 Å². The van der Waals surface area contributed by atoms with E-state index in [9.17, 15) is 34.1 Å². The molecule has 0 rings (SSSR count). The zero-order valence-electron chi connectivity index (χ0n) is 39.4. The van der Waals surface area contributed by atoms with Gasteiger partial charge in [0.2, 0.25) is 5.91 Å². The van der Waals surface area contributed by atoms with Gasteiger partial charge in [-0.05, 0) is 70.6 Å². The van der Waals surface area contributed by atoms with Gasteiger partial charge in [-0.3, -0.25) is 18.6 Å². The number of aliphatic hydroxyl groups excluding tert-OH is 1. The topological polar surface area (TPSA) is 169 Å². The van der Waals surface area contributed by atoms with Crippen LogP contribution in [0.15, 0.2) is 36.5 Å². The number of esters is 1. The Bertz CT molecular complexity index is 1190. The smallest absolute Gasteiger partial charge is 0.472 e. The van der Waals surface area contributed by atoms with Crippen molar-refractivity contribution in [2.45, 2.75) is 244 Å². The molecule has 3 atom stereocenters. The van der Waals surface area contributed by atoms with Crippen molar-refractivity contribution in [3.63, 3.8) is 0 Å². The predicted octanol–water partition coefficient (Wildman–Crippen LogP) is 13.6. The minimum Gasteiger partial charge on any atom is -0.480 e. The van der Waals surface area contributed by atoms with Crippen LogP contribution in [-0.4, -0.2) is 64.9 Å². The van der Waals surface area contributed by atoms with E-state index in [1.807, 2.05) is 0 Å². The van der Waals surface area contributed by atoms with Crippen LogP contribution >= 0.6 is 7.82 Å². The summed E-state index contributed by atoms with van der Waals surface area (Å²) < 4.78 is 26.9. The first-order chi connectivity index (χ1) is 30.1. The van der Waals surface area contributed by atoms with Gasteiger partial charge in [-0.2, -0.15) is 0 Å². The van der Waals surface area contributed by atoms with E-state index < -0.39 is 57.6 Å². The Labute approximate surface area is 378 Å². The number of carbonyl (C=O) groups is 3. The molecule has 0 fully saturated rings. The fourth-order valence-corrected chi connectivity index (χ4v) is 7.76. The van der Waals surface area contributed by atoms with E-state index in [1.54, 1.807) is 0 Å². The number of carbonyl (C=O) groups excluding carboxylic acids is 2. The molecule has 0 heterocycles. The van der Waals surface area contributed by atoms with Gasteiger partial charge in [-0.1, -0.05) is 185 Å². The van der Waals surface area contributed by atoms with E-state index in [0.29, 0.717) is 12.8 Å². The van der Waals surface area contributed by atoms with E-state index >= 15 is 0 Å². The lowest BCUT2D eigenvalue weighted by Crippen LogP contribution is -2.43. The third kappa shape index (κ3) is 44.3. The second kappa shape index (κ2) is 45.3. The minimum absolute atomic E-state index is 0.137. The maximum atomic E-state index is 12.3. The standard InChI is InChI=1S/C50H92NO10P/c1-3-5-7-9-11-13-15-17-19-21-22-23-24-26-28-30-32-34-36-38-40-42-49(54)59-43-46(52)44-60-62(57,58)61-45-47(50(55)56)51-48(53)41-39-37-35-33-31-29-27-25-20-18-16-14-12-10-8-6-4-2/h12,14,17-20,46-47,52H,3-11,13,15-16,21-45H2,1-2H3,(H,51,53)(H,55,56)(H,57,58)/b14-12-,19-17+,20-18-. The van der Waals surface area contributed by atoms with Gasteiger partial charge in [0, 0.05) is 12.8 Å². The number of carboxylic acid groups (broad SMARTS) is 1. The van der Waals surface area contributed by atoms with Crippen LogP contribution in [0.4, 0.5) is 0 Å². The zero-order valence-corrected chi connectivity index (χ0v) is 40.3. The average Bonchev–Trinajstić information content (AvgIpc) is 3.25. The number of phosphoric ester groups is 1. The molecule has 11 nitrogen and oxygen atoms in total. The van der Waals surface area contributed by atoms with Crippen LogP contribution in [0.5, 0.6) is 0 Å². The highest BCUT2D eigenvalue weighted by Gasteiger charge is 2.28. The van der Waals surface area contributed by atoms with Crippen LogP contribution in [0, 0.1) is 0 Å². The molecule has 0 bridgehead atoms. The number of ether oxygens (including phenoxy) is 1. The summed E-state index contributed by atoms with van der Waals surface area (Å²) in [5.41, 5.74) is 0. The molecule has 3 unspecified atom stereocenters. The number of aliphatic carboxylic acids is 1. The second-order valence-corrected chi connectivity index (χ2v) is 18.5. The molecule has 0 aliphatic carbocycles. The van der Waals surface area contributed by atoms with Gasteiger partial charge >= 0.3 is 19.8 Å². The van der Waals surface area contributed by atoms with Crippen LogP contribution in [0.3, 0.4) is 0 Å².